The van der Waals surface area contributed by atoms with E-state index in [1.54, 1.807) is 18.5 Å². The van der Waals surface area contributed by atoms with Gasteiger partial charge in [0.2, 0.25) is 0 Å². The number of likely N-dealkylation sites (tertiary alicyclic amines) is 1. The summed E-state index contributed by atoms with van der Waals surface area (Å²) in [7, 11) is 2.14. The van der Waals surface area contributed by atoms with E-state index in [-0.39, 0.29) is 5.91 Å². The number of hydrogen-bond donors (Lipinski definition) is 1. The lowest BCUT2D eigenvalue weighted by Crippen LogP contribution is -2.36. The highest BCUT2D eigenvalue weighted by molar-refractivity contribution is 9.10. The summed E-state index contributed by atoms with van der Waals surface area (Å²) >= 11 is 3.32. The van der Waals surface area contributed by atoms with Gasteiger partial charge in [0, 0.05) is 23.4 Å². The van der Waals surface area contributed by atoms with Crippen LogP contribution in [0.2, 0.25) is 0 Å². The molecule has 0 spiro atoms. The van der Waals surface area contributed by atoms with E-state index in [0.29, 0.717) is 11.5 Å². The number of nitrogens with one attached hydrogen (secondary N) is 1. The molecule has 0 atom stereocenters. The molecule has 4 nitrogen and oxygen atoms in total. The van der Waals surface area contributed by atoms with Crippen LogP contribution in [0.4, 0.5) is 0 Å². The van der Waals surface area contributed by atoms with Gasteiger partial charge in [0.15, 0.2) is 0 Å². The molecule has 1 aliphatic heterocycles. The van der Waals surface area contributed by atoms with E-state index in [4.69, 9.17) is 0 Å². The number of pyridine rings is 1. The van der Waals surface area contributed by atoms with Crippen molar-refractivity contribution in [1.82, 2.24) is 15.2 Å². The van der Waals surface area contributed by atoms with Gasteiger partial charge in [-0.15, -0.1) is 0 Å². The van der Waals surface area contributed by atoms with Crippen LogP contribution in [-0.4, -0.2) is 42.5 Å². The number of nitrogens with zero attached hydrogens (tertiary/aromatic N) is 2. The molecular formula is C13H18BrN3O. The molecule has 1 N–H and O–H groups in total. The van der Waals surface area contributed by atoms with E-state index < -0.39 is 0 Å². The lowest BCUT2D eigenvalue weighted by atomic mass is 9.97. The van der Waals surface area contributed by atoms with Gasteiger partial charge in [-0.3, -0.25) is 9.78 Å². The molecule has 1 amide bonds. The predicted octanol–water partition coefficient (Wildman–Crippen LogP) is 1.92. The molecule has 0 radical (unpaired) electrons. The van der Waals surface area contributed by atoms with Crippen molar-refractivity contribution in [1.29, 1.82) is 0 Å². The average Bonchev–Trinajstić information content (AvgIpc) is 2.38. The van der Waals surface area contributed by atoms with E-state index in [1.165, 1.54) is 0 Å². The Morgan fingerprint density at radius 2 is 2.22 bits per heavy atom. The minimum Gasteiger partial charge on any atom is -0.352 e. The normalized spacial score (nSPS) is 17.7. The van der Waals surface area contributed by atoms with Crippen LogP contribution in [0.3, 0.4) is 0 Å². The van der Waals surface area contributed by atoms with Crippen molar-refractivity contribution in [3.05, 3.63) is 28.5 Å². The first-order valence-corrected chi connectivity index (χ1v) is 7.02. The average molecular weight is 312 g/mol. The van der Waals surface area contributed by atoms with Crippen LogP contribution in [0.5, 0.6) is 0 Å². The van der Waals surface area contributed by atoms with Crippen LogP contribution in [0.25, 0.3) is 0 Å². The van der Waals surface area contributed by atoms with Crippen molar-refractivity contribution in [2.45, 2.75) is 12.8 Å². The zero-order chi connectivity index (χ0) is 13.0. The Kier molecular flexibility index (Phi) is 4.72. The number of carbonyl (C=O) groups excluding carboxylic acids is 1. The fourth-order valence-electron chi connectivity index (χ4n) is 2.14. The number of halogens is 1. The van der Waals surface area contributed by atoms with Gasteiger partial charge in [-0.05, 0) is 60.9 Å². The smallest absolute Gasteiger partial charge is 0.252 e. The molecule has 0 aromatic carbocycles. The van der Waals surface area contributed by atoms with Crippen LogP contribution in [0, 0.1) is 5.92 Å². The first-order valence-electron chi connectivity index (χ1n) is 6.22. The number of amides is 1. The second kappa shape index (κ2) is 6.29. The summed E-state index contributed by atoms with van der Waals surface area (Å²) in [5, 5.41) is 2.99. The minimum atomic E-state index is -0.0391. The summed E-state index contributed by atoms with van der Waals surface area (Å²) in [4.78, 5) is 18.2. The molecule has 2 heterocycles. The second-order valence-corrected chi connectivity index (χ2v) is 5.76. The highest BCUT2D eigenvalue weighted by Gasteiger charge is 2.17. The molecule has 0 saturated carbocycles. The van der Waals surface area contributed by atoms with Crippen molar-refractivity contribution in [3.8, 4) is 0 Å². The third-order valence-electron chi connectivity index (χ3n) is 3.36. The Labute approximate surface area is 116 Å². The minimum absolute atomic E-state index is 0.0391. The van der Waals surface area contributed by atoms with Gasteiger partial charge < -0.3 is 10.2 Å². The van der Waals surface area contributed by atoms with Crippen molar-refractivity contribution < 1.29 is 4.79 Å². The number of carbonyl (C=O) groups is 1. The second-order valence-electron chi connectivity index (χ2n) is 4.85. The highest BCUT2D eigenvalue weighted by Crippen LogP contribution is 2.15. The number of rotatable bonds is 3. The molecule has 1 saturated heterocycles. The number of aromatic nitrogens is 1. The Bertz CT molecular complexity index is 416. The molecule has 1 fully saturated rings. The lowest BCUT2D eigenvalue weighted by molar-refractivity contribution is 0.0938. The van der Waals surface area contributed by atoms with Crippen LogP contribution in [0.1, 0.15) is 23.2 Å². The molecule has 0 aliphatic carbocycles. The summed E-state index contributed by atoms with van der Waals surface area (Å²) < 4.78 is 0.828. The summed E-state index contributed by atoms with van der Waals surface area (Å²) in [5.41, 5.74) is 0.609. The van der Waals surface area contributed by atoms with Crippen molar-refractivity contribution >= 4 is 21.8 Å². The molecule has 1 aliphatic rings. The van der Waals surface area contributed by atoms with Gasteiger partial charge in [-0.25, -0.2) is 0 Å². The van der Waals surface area contributed by atoms with E-state index in [1.807, 2.05) is 0 Å². The van der Waals surface area contributed by atoms with Crippen LogP contribution >= 0.6 is 15.9 Å². The molecule has 5 heteroatoms. The van der Waals surface area contributed by atoms with E-state index in [0.717, 1.165) is 36.9 Å². The Morgan fingerprint density at radius 3 is 2.89 bits per heavy atom. The molecular weight excluding hydrogens is 294 g/mol. The maximum absolute atomic E-state index is 11.9. The van der Waals surface area contributed by atoms with E-state index in [9.17, 15) is 4.79 Å². The molecule has 0 bridgehead atoms. The molecule has 2 rings (SSSR count). The lowest BCUT2D eigenvalue weighted by Gasteiger charge is -2.28. The van der Waals surface area contributed by atoms with E-state index >= 15 is 0 Å². The van der Waals surface area contributed by atoms with Crippen LogP contribution < -0.4 is 5.32 Å². The quantitative estimate of drug-likeness (QED) is 0.927. The van der Waals surface area contributed by atoms with Crippen molar-refractivity contribution in [2.24, 2.45) is 5.92 Å². The summed E-state index contributed by atoms with van der Waals surface area (Å²) in [6.45, 7) is 3.01. The van der Waals surface area contributed by atoms with Crippen LogP contribution in [-0.2, 0) is 0 Å². The van der Waals surface area contributed by atoms with Crippen molar-refractivity contribution in [3.63, 3.8) is 0 Å². The van der Waals surface area contributed by atoms with E-state index in [2.05, 4.69) is 38.2 Å². The Balaban J connectivity index is 1.81. The van der Waals surface area contributed by atoms with Crippen molar-refractivity contribution in [2.75, 3.05) is 26.7 Å². The van der Waals surface area contributed by atoms with Crippen LogP contribution in [0.15, 0.2) is 22.9 Å². The largest absolute Gasteiger partial charge is 0.352 e. The van der Waals surface area contributed by atoms with Gasteiger partial charge in [0.05, 0.1) is 5.56 Å². The van der Waals surface area contributed by atoms with Gasteiger partial charge in [-0.2, -0.15) is 0 Å². The first-order chi connectivity index (χ1) is 8.65. The summed E-state index contributed by atoms with van der Waals surface area (Å²) in [6.07, 6.45) is 5.59. The molecule has 0 unspecified atom stereocenters. The first kappa shape index (κ1) is 13.5. The number of hydrogen-bond acceptors (Lipinski definition) is 3. The van der Waals surface area contributed by atoms with Gasteiger partial charge >= 0.3 is 0 Å². The maximum atomic E-state index is 11.9. The predicted molar refractivity (Wildman–Crippen MR) is 74.5 cm³/mol. The Morgan fingerprint density at radius 1 is 1.50 bits per heavy atom. The summed E-state index contributed by atoms with van der Waals surface area (Å²) in [5.74, 6) is 0.563. The summed E-state index contributed by atoms with van der Waals surface area (Å²) in [6, 6.07) is 1.79. The molecule has 1 aromatic rings. The monoisotopic (exact) mass is 311 g/mol. The maximum Gasteiger partial charge on any atom is 0.252 e. The van der Waals surface area contributed by atoms with Gasteiger partial charge in [0.1, 0.15) is 0 Å². The fraction of sp³-hybridized carbons (Fsp3) is 0.538. The third-order valence-corrected chi connectivity index (χ3v) is 3.79. The number of piperidine rings is 1. The molecule has 18 heavy (non-hydrogen) atoms. The Hall–Kier alpha value is -0.940. The van der Waals surface area contributed by atoms with Gasteiger partial charge in [0.25, 0.3) is 5.91 Å². The standard InChI is InChI=1S/C13H18BrN3O/c1-17-4-2-10(3-5-17)7-16-13(18)11-6-12(14)9-15-8-11/h6,8-10H,2-5,7H2,1H3,(H,16,18). The SMILES string of the molecule is CN1CCC(CNC(=O)c2cncc(Br)c2)CC1. The highest BCUT2D eigenvalue weighted by atomic mass is 79.9. The molecule has 98 valence electrons. The topological polar surface area (TPSA) is 45.2 Å². The zero-order valence-corrected chi connectivity index (χ0v) is 12.1. The third kappa shape index (κ3) is 3.78. The molecule has 1 aromatic heterocycles. The van der Waals surface area contributed by atoms with Gasteiger partial charge in [-0.1, -0.05) is 0 Å². The fourth-order valence-corrected chi connectivity index (χ4v) is 2.51. The zero-order valence-electron chi connectivity index (χ0n) is 10.5.